The van der Waals surface area contributed by atoms with E-state index in [1.54, 1.807) is 0 Å². The van der Waals surface area contributed by atoms with Crippen LogP contribution in [0.1, 0.15) is 28.1 Å². The molecule has 0 saturated carbocycles. The predicted molar refractivity (Wildman–Crippen MR) is 88.0 cm³/mol. The zero-order valence-electron chi connectivity index (χ0n) is 13.0. The van der Waals surface area contributed by atoms with E-state index < -0.39 is 0 Å². The number of benzene rings is 1. The summed E-state index contributed by atoms with van der Waals surface area (Å²) in [5.74, 6) is 0. The molecule has 22 heavy (non-hydrogen) atoms. The van der Waals surface area contributed by atoms with Gasteiger partial charge in [0, 0.05) is 30.2 Å². The first-order valence-corrected chi connectivity index (χ1v) is 7.42. The average molecular weight is 292 g/mol. The number of nitrogens with two attached hydrogens (primary N) is 1. The lowest BCUT2D eigenvalue weighted by molar-refractivity contribution is 0.831. The van der Waals surface area contributed by atoms with Crippen LogP contribution in [0.2, 0.25) is 0 Å². The number of pyridine rings is 1. The van der Waals surface area contributed by atoms with Gasteiger partial charge in [-0.15, -0.1) is 0 Å². The van der Waals surface area contributed by atoms with Gasteiger partial charge in [-0.1, -0.05) is 12.1 Å². The number of aromatic nitrogens is 3. The number of rotatable bonds is 4. The minimum absolute atomic E-state index is 0.526. The summed E-state index contributed by atoms with van der Waals surface area (Å²) in [6.07, 6.45) is 4.57. The summed E-state index contributed by atoms with van der Waals surface area (Å²) in [5.41, 5.74) is 12.6. The molecule has 0 aliphatic rings. The molecular weight excluding hydrogens is 272 g/mol. The third-order valence-corrected chi connectivity index (χ3v) is 3.98. The zero-order valence-corrected chi connectivity index (χ0v) is 13.0. The Morgan fingerprint density at radius 3 is 2.18 bits per heavy atom. The fraction of sp³-hybridized carbons (Fsp3) is 0.222. The SMILES string of the molecule is Cc1nn(-c2ccc(Cc3ccncc3)cc2)c(C)c1CN. The summed E-state index contributed by atoms with van der Waals surface area (Å²) in [6, 6.07) is 12.6. The van der Waals surface area contributed by atoms with Crippen molar-refractivity contribution in [1.82, 2.24) is 14.8 Å². The minimum Gasteiger partial charge on any atom is -0.326 e. The summed E-state index contributed by atoms with van der Waals surface area (Å²) in [6.45, 7) is 4.59. The van der Waals surface area contributed by atoms with Gasteiger partial charge in [-0.05, 0) is 55.7 Å². The molecule has 4 heteroatoms. The van der Waals surface area contributed by atoms with Gasteiger partial charge in [0.1, 0.15) is 0 Å². The third-order valence-electron chi connectivity index (χ3n) is 3.98. The van der Waals surface area contributed by atoms with Crippen LogP contribution in [0.5, 0.6) is 0 Å². The minimum atomic E-state index is 0.526. The van der Waals surface area contributed by atoms with E-state index in [-0.39, 0.29) is 0 Å². The van der Waals surface area contributed by atoms with Crippen LogP contribution in [0.25, 0.3) is 5.69 Å². The van der Waals surface area contributed by atoms with Gasteiger partial charge in [0.05, 0.1) is 11.4 Å². The van der Waals surface area contributed by atoms with E-state index in [9.17, 15) is 0 Å². The van der Waals surface area contributed by atoms with Crippen molar-refractivity contribution in [2.24, 2.45) is 5.73 Å². The van der Waals surface area contributed by atoms with Crippen LogP contribution in [-0.4, -0.2) is 14.8 Å². The Bertz CT molecular complexity index is 758. The maximum Gasteiger partial charge on any atom is 0.0649 e. The lowest BCUT2D eigenvalue weighted by Gasteiger charge is -2.07. The molecule has 3 rings (SSSR count). The van der Waals surface area contributed by atoms with Crippen LogP contribution in [0.15, 0.2) is 48.8 Å². The molecule has 0 spiro atoms. The van der Waals surface area contributed by atoms with Crippen LogP contribution in [0.4, 0.5) is 0 Å². The fourth-order valence-electron chi connectivity index (χ4n) is 2.71. The van der Waals surface area contributed by atoms with Gasteiger partial charge in [-0.25, -0.2) is 4.68 Å². The molecule has 2 N–H and O–H groups in total. The molecule has 0 atom stereocenters. The Morgan fingerprint density at radius 1 is 0.955 bits per heavy atom. The van der Waals surface area contributed by atoms with E-state index in [0.29, 0.717) is 6.54 Å². The van der Waals surface area contributed by atoms with Gasteiger partial charge in [-0.3, -0.25) is 4.98 Å². The highest BCUT2D eigenvalue weighted by Gasteiger charge is 2.11. The molecule has 4 nitrogen and oxygen atoms in total. The fourth-order valence-corrected chi connectivity index (χ4v) is 2.71. The van der Waals surface area contributed by atoms with Gasteiger partial charge in [0.25, 0.3) is 0 Å². The van der Waals surface area contributed by atoms with Crippen LogP contribution < -0.4 is 5.73 Å². The summed E-state index contributed by atoms with van der Waals surface area (Å²) in [5, 5.41) is 4.59. The first-order chi connectivity index (χ1) is 10.7. The second-order valence-corrected chi connectivity index (χ2v) is 5.46. The summed E-state index contributed by atoms with van der Waals surface area (Å²) >= 11 is 0. The molecule has 0 aliphatic heterocycles. The van der Waals surface area contributed by atoms with Crippen molar-refractivity contribution in [2.75, 3.05) is 0 Å². The second-order valence-electron chi connectivity index (χ2n) is 5.46. The van der Waals surface area contributed by atoms with Crippen LogP contribution >= 0.6 is 0 Å². The standard InChI is InChI=1S/C18H20N4/c1-13-18(12-19)14(2)22(21-13)17-5-3-15(4-6-17)11-16-7-9-20-10-8-16/h3-10H,11-12,19H2,1-2H3. The molecule has 0 aliphatic carbocycles. The van der Waals surface area contributed by atoms with Crippen molar-refractivity contribution < 1.29 is 0 Å². The van der Waals surface area contributed by atoms with Crippen molar-refractivity contribution in [3.63, 3.8) is 0 Å². The summed E-state index contributed by atoms with van der Waals surface area (Å²) in [4.78, 5) is 4.05. The lowest BCUT2D eigenvalue weighted by atomic mass is 10.1. The van der Waals surface area contributed by atoms with Crippen LogP contribution in [0, 0.1) is 13.8 Å². The molecule has 0 bridgehead atoms. The molecule has 0 saturated heterocycles. The van der Waals surface area contributed by atoms with E-state index >= 15 is 0 Å². The van der Waals surface area contributed by atoms with Gasteiger partial charge in [0.2, 0.25) is 0 Å². The molecule has 2 heterocycles. The van der Waals surface area contributed by atoms with Crippen molar-refractivity contribution in [3.8, 4) is 5.69 Å². The Kier molecular flexibility index (Phi) is 4.02. The van der Waals surface area contributed by atoms with E-state index in [1.807, 2.05) is 36.1 Å². The average Bonchev–Trinajstić information content (AvgIpc) is 2.83. The molecule has 112 valence electrons. The van der Waals surface area contributed by atoms with E-state index in [1.165, 1.54) is 11.1 Å². The molecular formula is C18H20N4. The quantitative estimate of drug-likeness (QED) is 0.804. The smallest absolute Gasteiger partial charge is 0.0649 e. The maximum absolute atomic E-state index is 5.79. The predicted octanol–water partition coefficient (Wildman–Crippen LogP) is 2.93. The summed E-state index contributed by atoms with van der Waals surface area (Å²) in [7, 11) is 0. The third kappa shape index (κ3) is 2.78. The highest BCUT2D eigenvalue weighted by Crippen LogP contribution is 2.18. The van der Waals surface area contributed by atoms with E-state index in [4.69, 9.17) is 5.73 Å². The second kappa shape index (κ2) is 6.12. The Hall–Kier alpha value is -2.46. The highest BCUT2D eigenvalue weighted by molar-refractivity contribution is 5.39. The van der Waals surface area contributed by atoms with Gasteiger partial charge < -0.3 is 5.73 Å². The number of nitrogens with zero attached hydrogens (tertiary/aromatic N) is 3. The van der Waals surface area contributed by atoms with Crippen molar-refractivity contribution >= 4 is 0 Å². The van der Waals surface area contributed by atoms with Crippen molar-refractivity contribution in [1.29, 1.82) is 0 Å². The molecule has 1 aromatic carbocycles. The number of aryl methyl sites for hydroxylation is 1. The Labute approximate surface area is 130 Å². The first-order valence-electron chi connectivity index (χ1n) is 7.42. The monoisotopic (exact) mass is 292 g/mol. The molecule has 2 aromatic heterocycles. The normalized spacial score (nSPS) is 10.9. The Morgan fingerprint density at radius 2 is 1.59 bits per heavy atom. The molecule has 0 unspecified atom stereocenters. The maximum atomic E-state index is 5.79. The first kappa shape index (κ1) is 14.5. The molecule has 0 radical (unpaired) electrons. The lowest BCUT2D eigenvalue weighted by Crippen LogP contribution is -2.02. The summed E-state index contributed by atoms with van der Waals surface area (Å²) < 4.78 is 1.97. The highest BCUT2D eigenvalue weighted by atomic mass is 15.3. The van der Waals surface area contributed by atoms with Gasteiger partial charge in [0.15, 0.2) is 0 Å². The van der Waals surface area contributed by atoms with Crippen molar-refractivity contribution in [3.05, 3.63) is 76.9 Å². The zero-order chi connectivity index (χ0) is 15.5. The van der Waals surface area contributed by atoms with Crippen LogP contribution in [-0.2, 0) is 13.0 Å². The van der Waals surface area contributed by atoms with E-state index in [2.05, 4.69) is 41.3 Å². The number of hydrogen-bond donors (Lipinski definition) is 1. The van der Waals surface area contributed by atoms with Crippen LogP contribution in [0.3, 0.4) is 0 Å². The largest absolute Gasteiger partial charge is 0.326 e. The number of hydrogen-bond acceptors (Lipinski definition) is 3. The van der Waals surface area contributed by atoms with E-state index in [0.717, 1.165) is 29.1 Å². The molecule has 3 aromatic rings. The van der Waals surface area contributed by atoms with Crippen molar-refractivity contribution in [2.45, 2.75) is 26.8 Å². The van der Waals surface area contributed by atoms with Gasteiger partial charge in [-0.2, -0.15) is 5.10 Å². The van der Waals surface area contributed by atoms with Gasteiger partial charge >= 0.3 is 0 Å². The Balaban J connectivity index is 1.85. The topological polar surface area (TPSA) is 56.7 Å². The molecule has 0 fully saturated rings. The molecule has 0 amide bonds.